The van der Waals surface area contributed by atoms with E-state index < -0.39 is 0 Å². The second kappa shape index (κ2) is 5.96. The fraction of sp³-hybridized carbons (Fsp3) is 0.278. The van der Waals surface area contributed by atoms with Gasteiger partial charge in [0.15, 0.2) is 0 Å². The summed E-state index contributed by atoms with van der Waals surface area (Å²) in [4.78, 5) is 4.55. The van der Waals surface area contributed by atoms with Crippen LogP contribution in [0.15, 0.2) is 48.0 Å². The van der Waals surface area contributed by atoms with Crippen molar-refractivity contribution in [1.82, 2.24) is 10.3 Å². The van der Waals surface area contributed by atoms with Crippen molar-refractivity contribution in [2.45, 2.75) is 25.8 Å². The number of aromatic nitrogens is 1. The molecule has 0 aliphatic rings. The summed E-state index contributed by atoms with van der Waals surface area (Å²) in [7, 11) is 2.00. The van der Waals surface area contributed by atoms with Crippen LogP contribution in [0.2, 0.25) is 0 Å². The topological polar surface area (TPSA) is 24.9 Å². The second-order valence-electron chi connectivity index (χ2n) is 5.62. The Morgan fingerprint density at radius 1 is 1.00 bits per heavy atom. The van der Waals surface area contributed by atoms with E-state index in [-0.39, 0.29) is 6.04 Å². The van der Waals surface area contributed by atoms with E-state index in [4.69, 9.17) is 0 Å². The van der Waals surface area contributed by atoms with Crippen LogP contribution >= 0.6 is 11.3 Å². The lowest BCUT2D eigenvalue weighted by Gasteiger charge is -2.18. The number of hydrogen-bond donors (Lipinski definition) is 1. The van der Waals surface area contributed by atoms with Gasteiger partial charge in [-0.05, 0) is 47.2 Å². The molecule has 0 radical (unpaired) electrons. The maximum Gasteiger partial charge on any atom is 0.0809 e. The van der Waals surface area contributed by atoms with Crippen LogP contribution in [0.5, 0.6) is 0 Å². The first-order valence-corrected chi connectivity index (χ1v) is 8.17. The molecule has 3 rings (SSSR count). The van der Waals surface area contributed by atoms with Crippen LogP contribution in [-0.2, 0) is 0 Å². The normalized spacial score (nSPS) is 13.0. The number of nitrogens with one attached hydrogen (secondary N) is 1. The van der Waals surface area contributed by atoms with Crippen LogP contribution in [0, 0.1) is 0 Å². The summed E-state index contributed by atoms with van der Waals surface area (Å²) < 4.78 is 1.24. The fourth-order valence-corrected chi connectivity index (χ4v) is 3.41. The predicted octanol–water partition coefficient (Wildman–Crippen LogP) is 4.73. The lowest BCUT2D eigenvalue weighted by Crippen LogP contribution is -2.17. The van der Waals surface area contributed by atoms with Gasteiger partial charge in [0.1, 0.15) is 0 Å². The van der Waals surface area contributed by atoms with Gasteiger partial charge in [0.05, 0.1) is 16.3 Å². The molecule has 0 aliphatic carbocycles. The zero-order valence-corrected chi connectivity index (χ0v) is 13.4. The van der Waals surface area contributed by atoms with Gasteiger partial charge in [-0.3, -0.25) is 4.98 Å². The molecular formula is C18H20N2S. The molecule has 2 heterocycles. The van der Waals surface area contributed by atoms with Gasteiger partial charge in [-0.2, -0.15) is 0 Å². The Balaban J connectivity index is 1.96. The van der Waals surface area contributed by atoms with Gasteiger partial charge in [-0.25, -0.2) is 0 Å². The van der Waals surface area contributed by atoms with E-state index in [1.54, 1.807) is 11.3 Å². The SMILES string of the molecule is CNC(c1ccc(C(C)C)cc1)c1cnc2ccsc2c1. The van der Waals surface area contributed by atoms with Crippen LogP contribution in [0.25, 0.3) is 10.2 Å². The Morgan fingerprint density at radius 3 is 2.38 bits per heavy atom. The maximum atomic E-state index is 4.55. The first-order chi connectivity index (χ1) is 10.2. The van der Waals surface area contributed by atoms with Gasteiger partial charge < -0.3 is 5.32 Å². The molecule has 1 unspecified atom stereocenters. The minimum atomic E-state index is 0.185. The third-order valence-corrected chi connectivity index (χ3v) is 4.74. The Kier molecular flexibility index (Phi) is 4.04. The van der Waals surface area contributed by atoms with Crippen molar-refractivity contribution in [3.63, 3.8) is 0 Å². The molecule has 3 aromatic rings. The smallest absolute Gasteiger partial charge is 0.0809 e. The van der Waals surface area contributed by atoms with Crippen molar-refractivity contribution in [3.8, 4) is 0 Å². The van der Waals surface area contributed by atoms with Gasteiger partial charge in [0.2, 0.25) is 0 Å². The van der Waals surface area contributed by atoms with Crippen LogP contribution in [0.4, 0.5) is 0 Å². The molecule has 2 aromatic heterocycles. The van der Waals surface area contributed by atoms with E-state index in [0.29, 0.717) is 5.92 Å². The number of fused-ring (bicyclic) bond motifs is 1. The fourth-order valence-electron chi connectivity index (χ4n) is 2.62. The van der Waals surface area contributed by atoms with Crippen molar-refractivity contribution < 1.29 is 0 Å². The zero-order chi connectivity index (χ0) is 14.8. The van der Waals surface area contributed by atoms with Crippen LogP contribution in [-0.4, -0.2) is 12.0 Å². The largest absolute Gasteiger partial charge is 0.309 e. The number of thiophene rings is 1. The van der Waals surface area contributed by atoms with Gasteiger partial charge in [-0.1, -0.05) is 38.1 Å². The van der Waals surface area contributed by atoms with Crippen molar-refractivity contribution in [3.05, 3.63) is 64.7 Å². The highest BCUT2D eigenvalue weighted by Crippen LogP contribution is 2.27. The second-order valence-corrected chi connectivity index (χ2v) is 6.56. The Labute approximate surface area is 129 Å². The van der Waals surface area contributed by atoms with Gasteiger partial charge >= 0.3 is 0 Å². The van der Waals surface area contributed by atoms with Crippen LogP contribution < -0.4 is 5.32 Å². The average Bonchev–Trinajstić information content (AvgIpc) is 2.96. The molecule has 0 amide bonds. The molecule has 0 bridgehead atoms. The summed E-state index contributed by atoms with van der Waals surface area (Å²) in [5, 5.41) is 5.50. The highest BCUT2D eigenvalue weighted by Gasteiger charge is 2.13. The summed E-state index contributed by atoms with van der Waals surface area (Å²) in [5.74, 6) is 0.566. The Bertz CT molecular complexity index is 728. The Hall–Kier alpha value is -1.71. The lowest BCUT2D eigenvalue weighted by molar-refractivity contribution is 0.689. The molecular weight excluding hydrogens is 276 g/mol. The van der Waals surface area contributed by atoms with Gasteiger partial charge in [0, 0.05) is 6.20 Å². The van der Waals surface area contributed by atoms with Gasteiger partial charge in [0.25, 0.3) is 0 Å². The molecule has 1 N–H and O–H groups in total. The quantitative estimate of drug-likeness (QED) is 0.753. The van der Waals surface area contributed by atoms with Crippen molar-refractivity contribution in [1.29, 1.82) is 0 Å². The maximum absolute atomic E-state index is 4.55. The number of rotatable bonds is 4. The lowest BCUT2D eigenvalue weighted by atomic mass is 9.96. The monoisotopic (exact) mass is 296 g/mol. The molecule has 0 aliphatic heterocycles. The molecule has 21 heavy (non-hydrogen) atoms. The molecule has 108 valence electrons. The van der Waals surface area contributed by atoms with Crippen molar-refractivity contribution >= 4 is 21.6 Å². The molecule has 0 spiro atoms. The standard InChI is InChI=1S/C18H20N2S/c1-12(2)13-4-6-14(7-5-13)18(19-3)15-10-17-16(20-11-15)8-9-21-17/h4-12,18-19H,1-3H3. The third-order valence-electron chi connectivity index (χ3n) is 3.88. The Morgan fingerprint density at radius 2 is 1.71 bits per heavy atom. The molecule has 2 nitrogen and oxygen atoms in total. The molecule has 1 aromatic carbocycles. The zero-order valence-electron chi connectivity index (χ0n) is 12.6. The highest BCUT2D eigenvalue weighted by molar-refractivity contribution is 7.17. The molecule has 1 atom stereocenters. The number of pyridine rings is 1. The average molecular weight is 296 g/mol. The minimum Gasteiger partial charge on any atom is -0.309 e. The summed E-state index contributed by atoms with van der Waals surface area (Å²) in [6.45, 7) is 4.44. The van der Waals surface area contributed by atoms with E-state index in [9.17, 15) is 0 Å². The van der Waals surface area contributed by atoms with Crippen molar-refractivity contribution in [2.75, 3.05) is 7.05 Å². The summed E-state index contributed by atoms with van der Waals surface area (Å²) in [6.07, 6.45) is 1.98. The number of nitrogens with zero attached hydrogens (tertiary/aromatic N) is 1. The highest BCUT2D eigenvalue weighted by atomic mass is 32.1. The summed E-state index contributed by atoms with van der Waals surface area (Å²) >= 11 is 1.74. The van der Waals surface area contributed by atoms with Crippen LogP contribution in [0.3, 0.4) is 0 Å². The molecule has 0 fully saturated rings. The van der Waals surface area contributed by atoms with Crippen LogP contribution in [0.1, 0.15) is 42.5 Å². The van der Waals surface area contributed by atoms with E-state index in [0.717, 1.165) is 5.52 Å². The van der Waals surface area contributed by atoms with Crippen molar-refractivity contribution in [2.24, 2.45) is 0 Å². The first-order valence-electron chi connectivity index (χ1n) is 7.29. The summed E-state index contributed by atoms with van der Waals surface area (Å²) in [6, 6.07) is 13.4. The number of benzene rings is 1. The first kappa shape index (κ1) is 14.2. The van der Waals surface area contributed by atoms with Gasteiger partial charge in [-0.15, -0.1) is 11.3 Å². The van der Waals surface area contributed by atoms with E-state index in [2.05, 4.69) is 65.9 Å². The molecule has 3 heteroatoms. The number of hydrogen-bond acceptors (Lipinski definition) is 3. The predicted molar refractivity (Wildman–Crippen MR) is 91.1 cm³/mol. The molecule has 0 saturated heterocycles. The van der Waals surface area contributed by atoms with E-state index in [1.807, 2.05) is 13.2 Å². The van der Waals surface area contributed by atoms with E-state index >= 15 is 0 Å². The summed E-state index contributed by atoms with van der Waals surface area (Å²) in [5.41, 5.74) is 4.94. The van der Waals surface area contributed by atoms with E-state index in [1.165, 1.54) is 21.4 Å². The molecule has 0 saturated carbocycles. The minimum absolute atomic E-state index is 0.185. The third kappa shape index (κ3) is 2.85.